The third-order valence-electron chi connectivity index (χ3n) is 3.93. The number of aliphatic hydroxyl groups is 1. The zero-order valence-electron chi connectivity index (χ0n) is 18.3. The number of aliphatic hydroxyl groups excluding tert-OH is 1. The van der Waals surface area contributed by atoms with Gasteiger partial charge >= 0.3 is 0 Å². The van der Waals surface area contributed by atoms with Crippen molar-refractivity contribution in [2.45, 2.75) is 32.4 Å². The topological polar surface area (TPSA) is 29.5 Å². The predicted octanol–water partition coefficient (Wildman–Crippen LogP) is 4.71. The quantitative estimate of drug-likeness (QED) is 0.327. The number of benzene rings is 2. The van der Waals surface area contributed by atoms with Gasteiger partial charge in [0.15, 0.2) is 0 Å². The van der Waals surface area contributed by atoms with Crippen molar-refractivity contribution < 1.29 is 9.84 Å². The largest absolute Gasteiger partial charge is 0.376 e. The Morgan fingerprint density at radius 1 is 0.935 bits per heavy atom. The average Bonchev–Trinajstić information content (AvgIpc) is 2.75. The Morgan fingerprint density at radius 3 is 2.29 bits per heavy atom. The third kappa shape index (κ3) is 8.84. The monoisotopic (exact) mass is 422 g/mol. The molecule has 0 bridgehead atoms. The van der Waals surface area contributed by atoms with Crippen LogP contribution in [0.15, 0.2) is 61.2 Å². The molecular formula is C28H26O2Si. The summed E-state index contributed by atoms with van der Waals surface area (Å²) in [6, 6.07) is 15.2. The minimum atomic E-state index is -1.48. The van der Waals surface area contributed by atoms with Crippen molar-refractivity contribution in [1.29, 1.82) is 0 Å². The van der Waals surface area contributed by atoms with Crippen LogP contribution in [0.2, 0.25) is 19.6 Å². The summed E-state index contributed by atoms with van der Waals surface area (Å²) in [6.07, 6.45) is 0.770. The van der Waals surface area contributed by atoms with Gasteiger partial charge in [0.2, 0.25) is 0 Å². The second-order valence-electron chi connectivity index (χ2n) is 7.72. The molecule has 0 saturated heterocycles. The van der Waals surface area contributed by atoms with Crippen LogP contribution in [0.25, 0.3) is 0 Å². The van der Waals surface area contributed by atoms with Gasteiger partial charge in [-0.1, -0.05) is 79.9 Å². The van der Waals surface area contributed by atoms with Crippen LogP contribution in [-0.2, 0) is 11.3 Å². The maximum absolute atomic E-state index is 10.4. The van der Waals surface area contributed by atoms with Crippen molar-refractivity contribution >= 4 is 8.07 Å². The van der Waals surface area contributed by atoms with E-state index in [1.807, 2.05) is 48.5 Å². The summed E-state index contributed by atoms with van der Waals surface area (Å²) in [5, 5.41) is 10.4. The lowest BCUT2D eigenvalue weighted by atomic mass is 10.0. The van der Waals surface area contributed by atoms with Gasteiger partial charge < -0.3 is 9.84 Å². The van der Waals surface area contributed by atoms with E-state index >= 15 is 0 Å². The standard InChI is InChI=1S/C28H26O2Si/c1-5-21-30-23-26-18-9-7-15-24(26)14-6-8-16-25-17-10-11-19-27(25)28(29)20-12-13-22-31(2,3)4/h5,7,9-11,15,17-19,28-29H,1,21,23H2,2-4H3. The van der Waals surface area contributed by atoms with Crippen LogP contribution in [0.1, 0.15) is 28.4 Å². The smallest absolute Gasteiger partial charge is 0.142 e. The lowest BCUT2D eigenvalue weighted by Crippen LogP contribution is -2.16. The molecule has 0 spiro atoms. The third-order valence-corrected chi connectivity index (χ3v) is 4.81. The summed E-state index contributed by atoms with van der Waals surface area (Å²) in [5.74, 6) is 20.3. The van der Waals surface area contributed by atoms with E-state index < -0.39 is 14.2 Å². The van der Waals surface area contributed by atoms with E-state index in [0.717, 1.165) is 11.1 Å². The Hall–Kier alpha value is -3.44. The summed E-state index contributed by atoms with van der Waals surface area (Å²) < 4.78 is 5.52. The molecule has 2 aromatic rings. The molecule has 31 heavy (non-hydrogen) atoms. The van der Waals surface area contributed by atoms with Gasteiger partial charge in [0.05, 0.1) is 13.2 Å². The van der Waals surface area contributed by atoms with Gasteiger partial charge in [-0.2, -0.15) is 0 Å². The fourth-order valence-corrected chi connectivity index (χ4v) is 2.91. The highest BCUT2D eigenvalue weighted by Gasteiger charge is 2.08. The molecule has 1 unspecified atom stereocenters. The van der Waals surface area contributed by atoms with Crippen molar-refractivity contribution in [3.63, 3.8) is 0 Å². The predicted molar refractivity (Wildman–Crippen MR) is 130 cm³/mol. The Labute approximate surface area is 187 Å². The van der Waals surface area contributed by atoms with Gasteiger partial charge in [-0.25, -0.2) is 0 Å². The van der Waals surface area contributed by atoms with E-state index in [-0.39, 0.29) is 0 Å². The molecule has 0 heterocycles. The first-order chi connectivity index (χ1) is 14.9. The van der Waals surface area contributed by atoms with Crippen molar-refractivity contribution in [1.82, 2.24) is 0 Å². The number of hydrogen-bond acceptors (Lipinski definition) is 2. The number of hydrogen-bond donors (Lipinski definition) is 1. The molecule has 0 radical (unpaired) electrons. The highest BCUT2D eigenvalue weighted by molar-refractivity contribution is 6.83. The van der Waals surface area contributed by atoms with Crippen molar-refractivity contribution in [3.05, 3.63) is 83.4 Å². The van der Waals surface area contributed by atoms with E-state index in [1.165, 1.54) is 0 Å². The minimum Gasteiger partial charge on any atom is -0.376 e. The second kappa shape index (κ2) is 12.3. The lowest BCUT2D eigenvalue weighted by Gasteiger charge is -2.05. The Kier molecular flexibility index (Phi) is 9.45. The first-order valence-electron chi connectivity index (χ1n) is 9.99. The number of rotatable bonds is 5. The molecule has 0 saturated carbocycles. The highest BCUT2D eigenvalue weighted by Crippen LogP contribution is 2.16. The van der Waals surface area contributed by atoms with Crippen molar-refractivity contribution in [3.8, 4) is 47.0 Å². The molecule has 0 aromatic heterocycles. The van der Waals surface area contributed by atoms with Crippen LogP contribution in [0.3, 0.4) is 0 Å². The molecule has 1 N–H and O–H groups in total. The summed E-state index contributed by atoms with van der Waals surface area (Å²) in [6.45, 7) is 11.1. The molecule has 0 aliphatic rings. The van der Waals surface area contributed by atoms with E-state index in [0.29, 0.717) is 24.3 Å². The molecule has 3 heteroatoms. The zero-order valence-corrected chi connectivity index (χ0v) is 19.3. The van der Waals surface area contributed by atoms with Gasteiger partial charge in [0.1, 0.15) is 14.2 Å². The molecule has 2 rings (SSSR count). The molecule has 2 nitrogen and oxygen atoms in total. The average molecular weight is 423 g/mol. The maximum Gasteiger partial charge on any atom is 0.142 e. The van der Waals surface area contributed by atoms with Gasteiger partial charge in [-0.15, -0.1) is 12.1 Å². The van der Waals surface area contributed by atoms with E-state index in [2.05, 4.69) is 73.2 Å². The van der Waals surface area contributed by atoms with Crippen LogP contribution >= 0.6 is 0 Å². The first-order valence-corrected chi connectivity index (χ1v) is 13.5. The number of ether oxygens (including phenoxy) is 1. The fraction of sp³-hybridized carbons (Fsp3) is 0.214. The van der Waals surface area contributed by atoms with Crippen LogP contribution < -0.4 is 0 Å². The Morgan fingerprint density at radius 2 is 1.58 bits per heavy atom. The van der Waals surface area contributed by atoms with E-state index in [1.54, 1.807) is 6.08 Å². The van der Waals surface area contributed by atoms with Crippen LogP contribution in [0.4, 0.5) is 0 Å². The second-order valence-corrected chi connectivity index (χ2v) is 12.5. The van der Waals surface area contributed by atoms with Gasteiger partial charge in [0.25, 0.3) is 0 Å². The fourth-order valence-electron chi connectivity index (χ4n) is 2.47. The van der Waals surface area contributed by atoms with Crippen LogP contribution in [-0.4, -0.2) is 19.8 Å². The van der Waals surface area contributed by atoms with Crippen molar-refractivity contribution in [2.24, 2.45) is 0 Å². The molecule has 0 aliphatic carbocycles. The van der Waals surface area contributed by atoms with Crippen LogP contribution in [0, 0.1) is 47.0 Å². The maximum atomic E-state index is 10.4. The molecule has 154 valence electrons. The molecule has 1 atom stereocenters. The summed E-state index contributed by atoms with van der Waals surface area (Å²) in [4.78, 5) is 0. The van der Waals surface area contributed by atoms with Crippen molar-refractivity contribution in [2.75, 3.05) is 6.61 Å². The Bertz CT molecular complexity index is 1160. The van der Waals surface area contributed by atoms with Crippen LogP contribution in [0.5, 0.6) is 0 Å². The highest BCUT2D eigenvalue weighted by atomic mass is 28.3. The normalized spacial score (nSPS) is 10.6. The SMILES string of the molecule is C=CCOCc1ccccc1C#CC#Cc1ccccc1C(O)C#CC#C[Si](C)(C)C. The first kappa shape index (κ1) is 23.8. The van der Waals surface area contributed by atoms with Gasteiger partial charge in [0, 0.05) is 16.7 Å². The Balaban J connectivity index is 2.19. The molecule has 2 aromatic carbocycles. The molecular weight excluding hydrogens is 396 g/mol. The zero-order chi connectivity index (χ0) is 22.5. The van der Waals surface area contributed by atoms with E-state index in [9.17, 15) is 5.11 Å². The summed E-state index contributed by atoms with van der Waals surface area (Å²) in [5.41, 5.74) is 6.39. The van der Waals surface area contributed by atoms with Gasteiger partial charge in [-0.05, 0) is 41.4 Å². The summed E-state index contributed by atoms with van der Waals surface area (Å²) in [7, 11) is -1.48. The lowest BCUT2D eigenvalue weighted by molar-refractivity contribution is 0.148. The molecule has 0 amide bonds. The molecule has 0 fully saturated rings. The molecule has 0 aliphatic heterocycles. The summed E-state index contributed by atoms with van der Waals surface area (Å²) >= 11 is 0. The van der Waals surface area contributed by atoms with Gasteiger partial charge in [-0.3, -0.25) is 0 Å². The minimum absolute atomic E-state index is 0.471. The van der Waals surface area contributed by atoms with E-state index in [4.69, 9.17) is 4.74 Å².